The molecule has 1 aromatic heterocycles. The first-order valence-corrected chi connectivity index (χ1v) is 7.95. The molecule has 0 radical (unpaired) electrons. The third-order valence-electron chi connectivity index (χ3n) is 3.64. The molecule has 0 unspecified atom stereocenters. The van der Waals surface area contributed by atoms with Crippen LogP contribution in [0.4, 0.5) is 0 Å². The van der Waals surface area contributed by atoms with E-state index >= 15 is 0 Å². The minimum absolute atomic E-state index is 0.0116. The number of pyridine rings is 1. The van der Waals surface area contributed by atoms with Crippen molar-refractivity contribution in [3.63, 3.8) is 0 Å². The summed E-state index contributed by atoms with van der Waals surface area (Å²) in [4.78, 5) is 24.6. The molecule has 2 N–H and O–H groups in total. The molecule has 0 aliphatic carbocycles. The summed E-state index contributed by atoms with van der Waals surface area (Å²) < 4.78 is 6.80. The maximum Gasteiger partial charge on any atom is 0.224 e. The number of benzene rings is 1. The highest BCUT2D eigenvalue weighted by Crippen LogP contribution is 2.17. The quantitative estimate of drug-likeness (QED) is 0.333. The first kappa shape index (κ1) is 17.5. The highest BCUT2D eigenvalue weighted by molar-refractivity contribution is 5.97. The molecule has 1 heterocycles. The SMILES string of the molecule is C=CCCCCC(=O)c1c(OCc2ccccc2)c(=O)ccn1N. The normalized spacial score (nSPS) is 10.3. The van der Waals surface area contributed by atoms with Gasteiger partial charge in [0.1, 0.15) is 6.61 Å². The van der Waals surface area contributed by atoms with E-state index in [1.54, 1.807) is 0 Å². The Morgan fingerprint density at radius 1 is 1.21 bits per heavy atom. The molecule has 0 bridgehead atoms. The van der Waals surface area contributed by atoms with E-state index in [9.17, 15) is 9.59 Å². The lowest BCUT2D eigenvalue weighted by molar-refractivity contribution is 0.0966. The van der Waals surface area contributed by atoms with Gasteiger partial charge >= 0.3 is 0 Å². The predicted octanol–water partition coefficient (Wildman–Crippen LogP) is 3.07. The van der Waals surface area contributed by atoms with E-state index in [2.05, 4.69) is 6.58 Å². The standard InChI is InChI=1S/C19H22N2O3/c1-2-3-4-8-11-16(22)18-19(17(23)12-13-21(18)20)24-14-15-9-6-5-7-10-15/h2,5-7,9-10,12-13H,1,3-4,8,11,14,20H2. The molecule has 5 heteroatoms. The Morgan fingerprint density at radius 2 is 1.96 bits per heavy atom. The second-order valence-electron chi connectivity index (χ2n) is 5.50. The van der Waals surface area contributed by atoms with Crippen LogP contribution in [0.3, 0.4) is 0 Å². The third kappa shape index (κ3) is 4.59. The van der Waals surface area contributed by atoms with Gasteiger partial charge in [-0.15, -0.1) is 6.58 Å². The van der Waals surface area contributed by atoms with Crippen molar-refractivity contribution in [1.29, 1.82) is 0 Å². The minimum Gasteiger partial charge on any atom is -0.483 e. The van der Waals surface area contributed by atoms with Crippen LogP contribution in [0.2, 0.25) is 0 Å². The number of nitrogens with two attached hydrogens (primary N) is 1. The van der Waals surface area contributed by atoms with Gasteiger partial charge in [-0.05, 0) is 24.8 Å². The summed E-state index contributed by atoms with van der Waals surface area (Å²) in [7, 11) is 0. The molecule has 0 aliphatic heterocycles. The van der Waals surface area contributed by atoms with Gasteiger partial charge in [0, 0.05) is 18.7 Å². The molecular formula is C19H22N2O3. The first-order valence-electron chi connectivity index (χ1n) is 7.95. The van der Waals surface area contributed by atoms with Gasteiger partial charge in [-0.2, -0.15) is 0 Å². The molecule has 0 spiro atoms. The van der Waals surface area contributed by atoms with Crippen molar-refractivity contribution in [2.75, 3.05) is 5.84 Å². The first-order chi connectivity index (χ1) is 11.6. The highest BCUT2D eigenvalue weighted by atomic mass is 16.5. The molecule has 126 valence electrons. The average molecular weight is 326 g/mol. The Morgan fingerprint density at radius 3 is 2.67 bits per heavy atom. The van der Waals surface area contributed by atoms with Crippen molar-refractivity contribution in [2.45, 2.75) is 32.3 Å². The van der Waals surface area contributed by atoms with E-state index < -0.39 is 0 Å². The van der Waals surface area contributed by atoms with Gasteiger partial charge in [0.15, 0.2) is 17.2 Å². The smallest absolute Gasteiger partial charge is 0.224 e. The fourth-order valence-electron chi connectivity index (χ4n) is 2.36. The third-order valence-corrected chi connectivity index (χ3v) is 3.64. The minimum atomic E-state index is -0.345. The number of ether oxygens (including phenoxy) is 1. The molecule has 0 fully saturated rings. The summed E-state index contributed by atoms with van der Waals surface area (Å²) >= 11 is 0. The second kappa shape index (κ2) is 8.72. The fraction of sp³-hybridized carbons (Fsp3) is 0.263. The molecular weight excluding hydrogens is 304 g/mol. The number of nitrogens with zero attached hydrogens (tertiary/aromatic N) is 1. The van der Waals surface area contributed by atoms with Crippen LogP contribution in [-0.2, 0) is 6.61 Å². The topological polar surface area (TPSA) is 74.3 Å². The zero-order valence-electron chi connectivity index (χ0n) is 13.6. The number of unbranched alkanes of at least 4 members (excludes halogenated alkanes) is 2. The number of hydrogen-bond acceptors (Lipinski definition) is 4. The van der Waals surface area contributed by atoms with Crippen LogP contribution in [-0.4, -0.2) is 10.5 Å². The Hall–Kier alpha value is -2.82. The van der Waals surface area contributed by atoms with Crippen LogP contribution in [0.1, 0.15) is 41.7 Å². The van der Waals surface area contributed by atoms with Crippen LogP contribution in [0, 0.1) is 0 Å². The maximum absolute atomic E-state index is 12.5. The Balaban J connectivity index is 2.17. The Labute approximate surface area is 141 Å². The summed E-state index contributed by atoms with van der Waals surface area (Å²) in [5, 5.41) is 0. The van der Waals surface area contributed by atoms with E-state index in [-0.39, 0.29) is 29.3 Å². The molecule has 0 amide bonds. The lowest BCUT2D eigenvalue weighted by Crippen LogP contribution is -2.24. The van der Waals surface area contributed by atoms with Crippen molar-refractivity contribution in [3.05, 3.63) is 76.7 Å². The number of nitrogen functional groups attached to an aromatic ring is 1. The van der Waals surface area contributed by atoms with E-state index in [1.807, 2.05) is 36.4 Å². The summed E-state index contributed by atoms with van der Waals surface area (Å²) in [5.74, 6) is 5.67. The number of rotatable bonds is 9. The highest BCUT2D eigenvalue weighted by Gasteiger charge is 2.19. The Kier molecular flexibility index (Phi) is 6.37. The number of allylic oxidation sites excluding steroid dienone is 1. The molecule has 2 aromatic rings. The van der Waals surface area contributed by atoms with Gasteiger partial charge in [0.2, 0.25) is 5.43 Å². The molecule has 1 aromatic carbocycles. The summed E-state index contributed by atoms with van der Waals surface area (Å²) in [6.45, 7) is 3.86. The van der Waals surface area contributed by atoms with Crippen LogP contribution in [0.5, 0.6) is 5.75 Å². The maximum atomic E-state index is 12.5. The average Bonchev–Trinajstić information content (AvgIpc) is 2.60. The van der Waals surface area contributed by atoms with Crippen molar-refractivity contribution in [3.8, 4) is 5.75 Å². The van der Waals surface area contributed by atoms with Crippen LogP contribution in [0.15, 0.2) is 60.0 Å². The zero-order valence-corrected chi connectivity index (χ0v) is 13.6. The lowest BCUT2D eigenvalue weighted by Gasteiger charge is -2.13. The number of carbonyl (C=O) groups is 1. The van der Waals surface area contributed by atoms with E-state index in [4.69, 9.17) is 10.6 Å². The van der Waals surface area contributed by atoms with Gasteiger partial charge in [-0.1, -0.05) is 36.4 Å². The summed E-state index contributed by atoms with van der Waals surface area (Å²) in [6, 6.07) is 10.8. The summed E-state index contributed by atoms with van der Waals surface area (Å²) in [5.41, 5.74) is 0.688. The van der Waals surface area contributed by atoms with Crippen LogP contribution >= 0.6 is 0 Å². The number of hydrogen-bond donors (Lipinski definition) is 1. The van der Waals surface area contributed by atoms with Crippen LogP contribution in [0.25, 0.3) is 0 Å². The molecule has 2 rings (SSSR count). The van der Waals surface area contributed by atoms with Gasteiger partial charge < -0.3 is 10.6 Å². The molecule has 24 heavy (non-hydrogen) atoms. The van der Waals surface area contributed by atoms with Crippen LogP contribution < -0.4 is 16.0 Å². The zero-order chi connectivity index (χ0) is 17.4. The van der Waals surface area contributed by atoms with Gasteiger partial charge in [0.05, 0.1) is 0 Å². The monoisotopic (exact) mass is 326 g/mol. The van der Waals surface area contributed by atoms with Gasteiger partial charge in [-0.25, -0.2) is 0 Å². The lowest BCUT2D eigenvalue weighted by atomic mass is 10.1. The van der Waals surface area contributed by atoms with E-state index in [1.165, 1.54) is 12.3 Å². The number of aromatic nitrogens is 1. The van der Waals surface area contributed by atoms with E-state index in [0.717, 1.165) is 23.1 Å². The van der Waals surface area contributed by atoms with Crippen molar-refractivity contribution < 1.29 is 9.53 Å². The molecule has 0 saturated heterocycles. The molecule has 0 saturated carbocycles. The molecule has 0 atom stereocenters. The molecule has 5 nitrogen and oxygen atoms in total. The summed E-state index contributed by atoms with van der Waals surface area (Å²) in [6.07, 6.45) is 5.96. The predicted molar refractivity (Wildman–Crippen MR) is 94.6 cm³/mol. The van der Waals surface area contributed by atoms with E-state index in [0.29, 0.717) is 12.8 Å². The van der Waals surface area contributed by atoms with Gasteiger partial charge in [0.25, 0.3) is 0 Å². The number of ketones is 1. The molecule has 0 aliphatic rings. The number of Topliss-reactive ketones (excluding diaryl/α,β-unsaturated/α-hetero) is 1. The van der Waals surface area contributed by atoms with Crippen molar-refractivity contribution in [2.24, 2.45) is 0 Å². The number of carbonyl (C=O) groups excluding carboxylic acids is 1. The van der Waals surface area contributed by atoms with Crippen molar-refractivity contribution >= 4 is 5.78 Å². The fourth-order valence-corrected chi connectivity index (χ4v) is 2.36. The second-order valence-corrected chi connectivity index (χ2v) is 5.50. The Bertz CT molecular complexity index is 751. The largest absolute Gasteiger partial charge is 0.483 e. The van der Waals surface area contributed by atoms with Crippen molar-refractivity contribution in [1.82, 2.24) is 4.68 Å². The van der Waals surface area contributed by atoms with Gasteiger partial charge in [-0.3, -0.25) is 14.3 Å².